The van der Waals surface area contributed by atoms with E-state index in [1.165, 1.54) is 21.8 Å². The van der Waals surface area contributed by atoms with E-state index >= 15 is 0 Å². The number of benzene rings is 1. The summed E-state index contributed by atoms with van der Waals surface area (Å²) >= 11 is 2.91. The summed E-state index contributed by atoms with van der Waals surface area (Å²) in [5.41, 5.74) is 3.03. The standard InChI is InChI=1S/C23H23N5O3S2/c29-19(28-6-1-7-31-12-28)9-13-2-4-15-17(8-13)32-22-20(15)21(24-11-25-22)26-14-3-5-16-18(10-14)33-23(30)27-16/h3,5,10-11,13H,1-2,4,6-9,12H2,(H,27,30)(H,24,25,26). The molecule has 33 heavy (non-hydrogen) atoms. The Morgan fingerprint density at radius 2 is 2.24 bits per heavy atom. The largest absolute Gasteiger partial charge is 0.361 e. The number of ether oxygens (including phenoxy) is 1. The van der Waals surface area contributed by atoms with Crippen molar-refractivity contribution in [2.45, 2.75) is 32.1 Å². The molecule has 1 amide bonds. The minimum absolute atomic E-state index is 0.0562. The third-order valence-electron chi connectivity index (χ3n) is 6.41. The second-order valence-electron chi connectivity index (χ2n) is 8.62. The summed E-state index contributed by atoms with van der Waals surface area (Å²) in [6, 6.07) is 5.83. The molecule has 6 rings (SSSR count). The van der Waals surface area contributed by atoms with Crippen LogP contribution in [0, 0.1) is 5.92 Å². The number of thiophene rings is 1. The van der Waals surface area contributed by atoms with Crippen LogP contribution in [0.2, 0.25) is 0 Å². The summed E-state index contributed by atoms with van der Waals surface area (Å²) in [6.07, 6.45) is 5.90. The monoisotopic (exact) mass is 481 g/mol. The molecule has 0 bridgehead atoms. The predicted molar refractivity (Wildman–Crippen MR) is 130 cm³/mol. The number of hydrogen-bond acceptors (Lipinski definition) is 8. The number of carbonyl (C=O) groups excluding carboxylic acids is 1. The Hall–Kier alpha value is -2.82. The van der Waals surface area contributed by atoms with Gasteiger partial charge in [0.25, 0.3) is 0 Å². The number of nitrogens with one attached hydrogen (secondary N) is 2. The molecule has 1 unspecified atom stereocenters. The van der Waals surface area contributed by atoms with Crippen molar-refractivity contribution in [1.82, 2.24) is 19.9 Å². The van der Waals surface area contributed by atoms with Gasteiger partial charge in [0.05, 0.1) is 22.2 Å². The van der Waals surface area contributed by atoms with Gasteiger partial charge < -0.3 is 19.9 Å². The molecule has 1 saturated heterocycles. The van der Waals surface area contributed by atoms with E-state index in [2.05, 4.69) is 20.3 Å². The maximum atomic E-state index is 12.7. The summed E-state index contributed by atoms with van der Waals surface area (Å²) in [7, 11) is 0. The highest BCUT2D eigenvalue weighted by Crippen LogP contribution is 2.41. The van der Waals surface area contributed by atoms with Crippen LogP contribution >= 0.6 is 22.7 Å². The van der Waals surface area contributed by atoms with Crippen LogP contribution in [0.5, 0.6) is 0 Å². The molecule has 1 aromatic carbocycles. The lowest BCUT2D eigenvalue weighted by atomic mass is 9.85. The smallest absolute Gasteiger partial charge is 0.305 e. The quantitative estimate of drug-likeness (QED) is 0.456. The summed E-state index contributed by atoms with van der Waals surface area (Å²) in [6.45, 7) is 1.97. The van der Waals surface area contributed by atoms with Crippen molar-refractivity contribution < 1.29 is 9.53 Å². The predicted octanol–water partition coefficient (Wildman–Crippen LogP) is 4.04. The number of H-pyrrole nitrogens is 1. The van der Waals surface area contributed by atoms with Crippen molar-refractivity contribution in [3.8, 4) is 0 Å². The Morgan fingerprint density at radius 3 is 3.12 bits per heavy atom. The molecule has 170 valence electrons. The molecule has 0 radical (unpaired) electrons. The molecule has 1 fully saturated rings. The number of aromatic amines is 1. The Balaban J connectivity index is 1.24. The van der Waals surface area contributed by atoms with Crippen LogP contribution in [-0.2, 0) is 22.4 Å². The van der Waals surface area contributed by atoms with Crippen molar-refractivity contribution in [2.75, 3.05) is 25.2 Å². The van der Waals surface area contributed by atoms with Crippen LogP contribution in [-0.4, -0.2) is 45.6 Å². The molecule has 2 N–H and O–H groups in total. The average molecular weight is 482 g/mol. The van der Waals surface area contributed by atoms with E-state index in [-0.39, 0.29) is 10.8 Å². The van der Waals surface area contributed by atoms with Gasteiger partial charge in [-0.3, -0.25) is 9.59 Å². The van der Waals surface area contributed by atoms with E-state index in [9.17, 15) is 9.59 Å². The summed E-state index contributed by atoms with van der Waals surface area (Å²) in [5, 5.41) is 4.52. The van der Waals surface area contributed by atoms with Crippen LogP contribution in [0.3, 0.4) is 0 Å². The molecule has 10 heteroatoms. The van der Waals surface area contributed by atoms with Gasteiger partial charge in [-0.25, -0.2) is 9.97 Å². The number of rotatable bonds is 4. The zero-order valence-electron chi connectivity index (χ0n) is 17.9. The first-order valence-electron chi connectivity index (χ1n) is 11.1. The summed E-state index contributed by atoms with van der Waals surface area (Å²) in [5.74, 6) is 1.34. The maximum absolute atomic E-state index is 12.7. The van der Waals surface area contributed by atoms with Gasteiger partial charge in [0.2, 0.25) is 5.91 Å². The SMILES string of the molecule is O=C(CC1CCc2c(sc3ncnc(Nc4ccc5[nH]c(=O)sc5c4)c23)C1)N1CCCOC1. The van der Waals surface area contributed by atoms with Crippen molar-refractivity contribution >= 4 is 60.5 Å². The first-order chi connectivity index (χ1) is 16.1. The number of anilines is 2. The second-order valence-corrected chi connectivity index (χ2v) is 10.7. The highest BCUT2D eigenvalue weighted by atomic mass is 32.1. The van der Waals surface area contributed by atoms with Gasteiger partial charge in [0, 0.05) is 23.5 Å². The summed E-state index contributed by atoms with van der Waals surface area (Å²) in [4.78, 5) is 40.3. The van der Waals surface area contributed by atoms with Crippen molar-refractivity contribution in [1.29, 1.82) is 0 Å². The number of aryl methyl sites for hydroxylation is 1. The van der Waals surface area contributed by atoms with E-state index in [1.807, 2.05) is 23.1 Å². The Bertz CT molecular complexity index is 1400. The van der Waals surface area contributed by atoms with Crippen LogP contribution in [0.1, 0.15) is 29.7 Å². The van der Waals surface area contributed by atoms with Crippen molar-refractivity contribution in [3.63, 3.8) is 0 Å². The number of aromatic nitrogens is 3. The van der Waals surface area contributed by atoms with Crippen molar-refractivity contribution in [3.05, 3.63) is 44.6 Å². The minimum Gasteiger partial charge on any atom is -0.361 e. The zero-order valence-corrected chi connectivity index (χ0v) is 19.6. The second kappa shape index (κ2) is 8.51. The maximum Gasteiger partial charge on any atom is 0.305 e. The highest BCUT2D eigenvalue weighted by molar-refractivity contribution is 7.19. The fraction of sp³-hybridized carbons (Fsp3) is 0.391. The van der Waals surface area contributed by atoms with E-state index in [4.69, 9.17) is 4.74 Å². The topological polar surface area (TPSA) is 100 Å². The third kappa shape index (κ3) is 4.03. The van der Waals surface area contributed by atoms with Gasteiger partial charge in [0.1, 0.15) is 23.7 Å². The van der Waals surface area contributed by atoms with Crippen LogP contribution < -0.4 is 10.2 Å². The molecular weight excluding hydrogens is 458 g/mol. The summed E-state index contributed by atoms with van der Waals surface area (Å²) < 4.78 is 6.36. The molecule has 4 aromatic rings. The third-order valence-corrected chi connectivity index (χ3v) is 8.42. The van der Waals surface area contributed by atoms with Gasteiger partial charge in [-0.05, 0) is 55.4 Å². The molecule has 4 heterocycles. The number of thiazole rings is 1. The molecule has 0 saturated carbocycles. The van der Waals surface area contributed by atoms with Gasteiger partial charge in [-0.2, -0.15) is 0 Å². The van der Waals surface area contributed by atoms with E-state index in [1.54, 1.807) is 17.7 Å². The first kappa shape index (κ1) is 20.8. The number of amides is 1. The molecule has 3 aromatic heterocycles. The molecule has 8 nitrogen and oxygen atoms in total. The minimum atomic E-state index is -0.0562. The van der Waals surface area contributed by atoms with Crippen LogP contribution in [0.15, 0.2) is 29.3 Å². The molecule has 1 aliphatic heterocycles. The van der Waals surface area contributed by atoms with E-state index in [0.717, 1.165) is 70.8 Å². The van der Waals surface area contributed by atoms with Crippen LogP contribution in [0.4, 0.5) is 11.5 Å². The lowest BCUT2D eigenvalue weighted by molar-refractivity contribution is -0.141. The number of fused-ring (bicyclic) bond motifs is 4. The fourth-order valence-electron chi connectivity index (χ4n) is 4.78. The number of nitrogens with zero attached hydrogens (tertiary/aromatic N) is 3. The molecule has 1 aliphatic carbocycles. The van der Waals surface area contributed by atoms with Gasteiger partial charge in [0.15, 0.2) is 0 Å². The normalized spacial score (nSPS) is 18.5. The van der Waals surface area contributed by atoms with E-state index in [0.29, 0.717) is 19.1 Å². The van der Waals surface area contributed by atoms with E-state index < -0.39 is 0 Å². The van der Waals surface area contributed by atoms with Gasteiger partial charge >= 0.3 is 4.87 Å². The van der Waals surface area contributed by atoms with Crippen LogP contribution in [0.25, 0.3) is 20.4 Å². The molecule has 0 spiro atoms. The fourth-order valence-corrected chi connectivity index (χ4v) is 6.85. The molecular formula is C23H23N5O3S2. The van der Waals surface area contributed by atoms with Gasteiger partial charge in [-0.1, -0.05) is 11.3 Å². The number of carbonyl (C=O) groups is 1. The Labute approximate surface area is 197 Å². The first-order valence-corrected chi connectivity index (χ1v) is 12.8. The molecule has 1 atom stereocenters. The lowest BCUT2D eigenvalue weighted by Crippen LogP contribution is -2.39. The Kier molecular flexibility index (Phi) is 5.35. The average Bonchev–Trinajstić information content (AvgIpc) is 3.38. The highest BCUT2D eigenvalue weighted by Gasteiger charge is 2.28. The number of hydrogen-bond donors (Lipinski definition) is 2. The lowest BCUT2D eigenvalue weighted by Gasteiger charge is -2.29. The zero-order chi connectivity index (χ0) is 22.4. The van der Waals surface area contributed by atoms with Crippen molar-refractivity contribution in [2.24, 2.45) is 5.92 Å². The van der Waals surface area contributed by atoms with Gasteiger partial charge in [-0.15, -0.1) is 11.3 Å². The Morgan fingerprint density at radius 1 is 1.30 bits per heavy atom. The molecule has 2 aliphatic rings.